The van der Waals surface area contributed by atoms with Gasteiger partial charge in [0.25, 0.3) is 5.91 Å². The van der Waals surface area contributed by atoms with Crippen LogP contribution in [0.2, 0.25) is 5.02 Å². The smallest absolute Gasteiger partial charge is 0.374 e. The van der Waals surface area contributed by atoms with E-state index in [0.29, 0.717) is 22.9 Å². The van der Waals surface area contributed by atoms with Gasteiger partial charge in [0, 0.05) is 31.9 Å². The normalized spacial score (nSPS) is 10.4. The second-order valence-electron chi connectivity index (χ2n) is 6.56. The number of carbonyl (C=O) groups excluding carboxylic acids is 2. The summed E-state index contributed by atoms with van der Waals surface area (Å²) in [6.45, 7) is -0.0434. The Morgan fingerprint density at radius 3 is 2.45 bits per heavy atom. The molecule has 3 rings (SSSR count). The fourth-order valence-electron chi connectivity index (χ4n) is 2.62. The fourth-order valence-corrected chi connectivity index (χ4v) is 2.85. The third-order valence-corrected chi connectivity index (χ3v) is 4.55. The van der Waals surface area contributed by atoms with Gasteiger partial charge in [-0.1, -0.05) is 35.9 Å². The molecule has 0 fully saturated rings. The molecule has 1 amide bonds. The van der Waals surface area contributed by atoms with Gasteiger partial charge in [-0.3, -0.25) is 4.79 Å². The van der Waals surface area contributed by atoms with Crippen molar-refractivity contribution in [2.24, 2.45) is 0 Å². The molecule has 0 spiro atoms. The highest BCUT2D eigenvalue weighted by Crippen LogP contribution is 2.29. The van der Waals surface area contributed by atoms with Crippen LogP contribution in [0.15, 0.2) is 65.1 Å². The standard InChI is InChI=1S/C22H21ClN2O4/c1-25(2)16-9-7-15(8-10-16)13-24-21(26)14-28-22(27)20-12-11-19(29-20)17-5-3-4-6-18(17)23/h3-12H,13-14H2,1-2H3,(H,24,26). The van der Waals surface area contributed by atoms with E-state index in [-0.39, 0.29) is 5.76 Å². The first-order valence-electron chi connectivity index (χ1n) is 8.99. The van der Waals surface area contributed by atoms with Crippen molar-refractivity contribution in [3.63, 3.8) is 0 Å². The second kappa shape index (κ2) is 9.30. The van der Waals surface area contributed by atoms with Crippen LogP contribution in [0.1, 0.15) is 16.1 Å². The van der Waals surface area contributed by atoms with Crippen LogP contribution in [0.3, 0.4) is 0 Å². The number of esters is 1. The number of amides is 1. The summed E-state index contributed by atoms with van der Waals surface area (Å²) in [6, 6.07) is 18.1. The number of nitrogens with zero attached hydrogens (tertiary/aromatic N) is 1. The second-order valence-corrected chi connectivity index (χ2v) is 6.96. The molecule has 1 N–H and O–H groups in total. The van der Waals surface area contributed by atoms with Crippen molar-refractivity contribution in [2.45, 2.75) is 6.54 Å². The van der Waals surface area contributed by atoms with E-state index >= 15 is 0 Å². The molecular weight excluding hydrogens is 392 g/mol. The minimum absolute atomic E-state index is 0.00648. The molecule has 0 aliphatic heterocycles. The van der Waals surface area contributed by atoms with Crippen molar-refractivity contribution < 1.29 is 18.7 Å². The molecule has 0 saturated heterocycles. The molecule has 2 aromatic carbocycles. The van der Waals surface area contributed by atoms with Crippen molar-refractivity contribution in [3.8, 4) is 11.3 Å². The van der Waals surface area contributed by atoms with Crippen LogP contribution in [0.5, 0.6) is 0 Å². The summed E-state index contributed by atoms with van der Waals surface area (Å²) in [4.78, 5) is 26.1. The predicted molar refractivity (Wildman–Crippen MR) is 112 cm³/mol. The summed E-state index contributed by atoms with van der Waals surface area (Å²) in [6.07, 6.45) is 0. The summed E-state index contributed by atoms with van der Waals surface area (Å²) in [5.74, 6) is -0.651. The molecule has 6 nitrogen and oxygen atoms in total. The summed E-state index contributed by atoms with van der Waals surface area (Å²) in [5, 5.41) is 3.23. The fraction of sp³-hybridized carbons (Fsp3) is 0.182. The highest BCUT2D eigenvalue weighted by Gasteiger charge is 2.16. The SMILES string of the molecule is CN(C)c1ccc(CNC(=O)COC(=O)c2ccc(-c3ccccc3Cl)o2)cc1. The van der Waals surface area contributed by atoms with E-state index in [0.717, 1.165) is 11.3 Å². The molecular formula is C22H21ClN2O4. The lowest BCUT2D eigenvalue weighted by Crippen LogP contribution is -2.28. The Labute approximate surface area is 174 Å². The lowest BCUT2D eigenvalue weighted by molar-refractivity contribution is -0.124. The Morgan fingerprint density at radius 2 is 1.76 bits per heavy atom. The molecule has 150 valence electrons. The molecule has 0 aliphatic carbocycles. The summed E-state index contributed by atoms with van der Waals surface area (Å²) >= 11 is 6.13. The van der Waals surface area contributed by atoms with E-state index in [2.05, 4.69) is 5.32 Å². The van der Waals surface area contributed by atoms with Gasteiger partial charge in [-0.2, -0.15) is 0 Å². The Morgan fingerprint density at radius 1 is 1.03 bits per heavy atom. The van der Waals surface area contributed by atoms with Crippen LogP contribution in [0, 0.1) is 0 Å². The Balaban J connectivity index is 1.49. The zero-order valence-corrected chi connectivity index (χ0v) is 16.9. The summed E-state index contributed by atoms with van der Waals surface area (Å²) in [5.41, 5.74) is 2.69. The Kier molecular flexibility index (Phi) is 6.57. The van der Waals surface area contributed by atoms with Crippen LogP contribution in [0.25, 0.3) is 11.3 Å². The molecule has 0 radical (unpaired) electrons. The molecule has 29 heavy (non-hydrogen) atoms. The van der Waals surface area contributed by atoms with Gasteiger partial charge in [-0.25, -0.2) is 4.79 Å². The minimum atomic E-state index is -0.714. The monoisotopic (exact) mass is 412 g/mol. The molecule has 0 saturated carbocycles. The van der Waals surface area contributed by atoms with Crippen LogP contribution in [0.4, 0.5) is 5.69 Å². The number of nitrogens with one attached hydrogen (secondary N) is 1. The van der Waals surface area contributed by atoms with Crippen molar-refractivity contribution in [1.29, 1.82) is 0 Å². The number of carbonyl (C=O) groups is 2. The number of benzene rings is 2. The zero-order valence-electron chi connectivity index (χ0n) is 16.1. The maximum Gasteiger partial charge on any atom is 0.374 e. The Hall–Kier alpha value is -3.25. The van der Waals surface area contributed by atoms with Crippen LogP contribution in [-0.2, 0) is 16.1 Å². The maximum absolute atomic E-state index is 12.1. The molecule has 0 aliphatic rings. The van der Waals surface area contributed by atoms with Gasteiger partial charge in [-0.05, 0) is 42.0 Å². The van der Waals surface area contributed by atoms with Crippen molar-refractivity contribution >= 4 is 29.2 Å². The summed E-state index contributed by atoms with van der Waals surface area (Å²) in [7, 11) is 3.92. The Bertz CT molecular complexity index is 996. The molecule has 0 bridgehead atoms. The molecule has 0 atom stereocenters. The zero-order chi connectivity index (χ0) is 20.8. The highest BCUT2D eigenvalue weighted by atomic mass is 35.5. The van der Waals surface area contributed by atoms with E-state index in [1.807, 2.05) is 49.3 Å². The molecule has 1 aromatic heterocycles. The topological polar surface area (TPSA) is 71.8 Å². The van der Waals surface area contributed by atoms with Gasteiger partial charge in [0.05, 0.1) is 5.02 Å². The number of halogens is 1. The molecule has 1 heterocycles. The van der Waals surface area contributed by atoms with Gasteiger partial charge >= 0.3 is 5.97 Å². The first-order valence-corrected chi connectivity index (χ1v) is 9.36. The van der Waals surface area contributed by atoms with Crippen LogP contribution in [-0.4, -0.2) is 32.6 Å². The molecule has 7 heteroatoms. The van der Waals surface area contributed by atoms with Crippen molar-refractivity contribution in [2.75, 3.05) is 25.6 Å². The minimum Gasteiger partial charge on any atom is -0.450 e. The molecule has 3 aromatic rings. The van der Waals surface area contributed by atoms with Crippen LogP contribution < -0.4 is 10.2 Å². The number of hydrogen-bond donors (Lipinski definition) is 1. The van der Waals surface area contributed by atoms with Gasteiger partial charge in [-0.15, -0.1) is 0 Å². The first-order chi connectivity index (χ1) is 13.9. The van der Waals surface area contributed by atoms with Gasteiger partial charge in [0.15, 0.2) is 6.61 Å². The largest absolute Gasteiger partial charge is 0.450 e. The van der Waals surface area contributed by atoms with Crippen molar-refractivity contribution in [1.82, 2.24) is 5.32 Å². The quantitative estimate of drug-likeness (QED) is 0.590. The third-order valence-electron chi connectivity index (χ3n) is 4.22. The van der Waals surface area contributed by atoms with Gasteiger partial charge in [0.2, 0.25) is 5.76 Å². The van der Waals surface area contributed by atoms with E-state index in [1.165, 1.54) is 6.07 Å². The number of ether oxygens (including phenoxy) is 1. The lowest BCUT2D eigenvalue weighted by atomic mass is 10.2. The highest BCUT2D eigenvalue weighted by molar-refractivity contribution is 6.33. The van der Waals surface area contributed by atoms with Gasteiger partial charge < -0.3 is 19.4 Å². The molecule has 0 unspecified atom stereocenters. The number of furan rings is 1. The predicted octanol–water partition coefficient (Wildman–Crippen LogP) is 4.14. The van der Waals surface area contributed by atoms with E-state index in [1.54, 1.807) is 24.3 Å². The van der Waals surface area contributed by atoms with E-state index in [9.17, 15) is 9.59 Å². The third kappa shape index (κ3) is 5.39. The maximum atomic E-state index is 12.1. The average molecular weight is 413 g/mol. The summed E-state index contributed by atoms with van der Waals surface area (Å²) < 4.78 is 10.5. The first kappa shape index (κ1) is 20.5. The lowest BCUT2D eigenvalue weighted by Gasteiger charge is -2.13. The number of rotatable bonds is 7. The van der Waals surface area contributed by atoms with E-state index < -0.39 is 18.5 Å². The van der Waals surface area contributed by atoms with Crippen molar-refractivity contribution in [3.05, 3.63) is 77.0 Å². The number of hydrogen-bond acceptors (Lipinski definition) is 5. The van der Waals surface area contributed by atoms with Crippen LogP contribution >= 0.6 is 11.6 Å². The number of anilines is 1. The van der Waals surface area contributed by atoms with E-state index in [4.69, 9.17) is 20.8 Å². The van der Waals surface area contributed by atoms with Gasteiger partial charge in [0.1, 0.15) is 5.76 Å². The average Bonchev–Trinajstić information content (AvgIpc) is 3.21.